The van der Waals surface area contributed by atoms with Gasteiger partial charge in [0.2, 0.25) is 0 Å². The topological polar surface area (TPSA) is 44.8 Å². The zero-order valence-electron chi connectivity index (χ0n) is 9.73. The minimum Gasteiger partial charge on any atom is -0.488 e. The van der Waals surface area contributed by atoms with Crippen LogP contribution in [-0.2, 0) is 9.53 Å². The highest BCUT2D eigenvalue weighted by Crippen LogP contribution is 2.18. The van der Waals surface area contributed by atoms with E-state index in [0.29, 0.717) is 12.4 Å². The number of carbonyl (C=O) groups excluding carboxylic acids is 1. The first-order valence-corrected chi connectivity index (χ1v) is 5.06. The monoisotopic (exact) mass is 224 g/mol. The van der Waals surface area contributed by atoms with Crippen LogP contribution in [-0.4, -0.2) is 25.8 Å². The van der Waals surface area contributed by atoms with Gasteiger partial charge in [0.25, 0.3) is 0 Å². The fourth-order valence-electron chi connectivity index (χ4n) is 1.25. The molecule has 16 heavy (non-hydrogen) atoms. The Balaban J connectivity index is 2.54. The number of carbonyl (C=O) groups is 1. The van der Waals surface area contributed by atoms with Crippen LogP contribution in [0.3, 0.4) is 0 Å². The minimum atomic E-state index is -0.332. The van der Waals surface area contributed by atoms with E-state index in [4.69, 9.17) is 14.2 Å². The molecule has 0 bridgehead atoms. The van der Waals surface area contributed by atoms with Crippen LogP contribution in [0.25, 0.3) is 0 Å². The van der Waals surface area contributed by atoms with Gasteiger partial charge < -0.3 is 14.2 Å². The molecule has 0 aliphatic carbocycles. The van der Waals surface area contributed by atoms with Gasteiger partial charge in [0.05, 0.1) is 6.61 Å². The van der Waals surface area contributed by atoms with E-state index in [1.807, 2.05) is 6.92 Å². The van der Waals surface area contributed by atoms with Crippen molar-refractivity contribution in [2.45, 2.75) is 20.0 Å². The molecule has 0 saturated carbocycles. The fourth-order valence-corrected chi connectivity index (χ4v) is 1.25. The third-order valence-corrected chi connectivity index (χ3v) is 1.82. The summed E-state index contributed by atoms with van der Waals surface area (Å²) in [6.07, 6.45) is -0.00965. The standard InChI is InChI=1S/C12H16O4/c1-9(8-14-3)15-11-4-6-12(7-5-11)16-10(2)13/h4-7,9H,8H2,1-3H3. The summed E-state index contributed by atoms with van der Waals surface area (Å²) >= 11 is 0. The number of hydrogen-bond donors (Lipinski definition) is 0. The molecule has 0 spiro atoms. The molecule has 4 nitrogen and oxygen atoms in total. The van der Waals surface area contributed by atoms with Crippen molar-refractivity contribution in [1.29, 1.82) is 0 Å². The summed E-state index contributed by atoms with van der Waals surface area (Å²) in [6, 6.07) is 6.89. The third-order valence-electron chi connectivity index (χ3n) is 1.82. The minimum absolute atomic E-state index is 0.00965. The van der Waals surface area contributed by atoms with E-state index in [-0.39, 0.29) is 12.1 Å². The number of rotatable bonds is 5. The Labute approximate surface area is 95.1 Å². The predicted molar refractivity (Wildman–Crippen MR) is 59.7 cm³/mol. The number of esters is 1. The molecule has 0 aliphatic heterocycles. The highest BCUT2D eigenvalue weighted by atomic mass is 16.5. The molecule has 1 unspecified atom stereocenters. The SMILES string of the molecule is COCC(C)Oc1ccc(OC(C)=O)cc1. The lowest BCUT2D eigenvalue weighted by atomic mass is 10.3. The van der Waals surface area contributed by atoms with Gasteiger partial charge in [0, 0.05) is 14.0 Å². The Bertz CT molecular complexity index is 331. The number of benzene rings is 1. The van der Waals surface area contributed by atoms with E-state index in [1.54, 1.807) is 31.4 Å². The van der Waals surface area contributed by atoms with E-state index < -0.39 is 0 Å². The van der Waals surface area contributed by atoms with E-state index in [9.17, 15) is 4.79 Å². The fraction of sp³-hybridized carbons (Fsp3) is 0.417. The van der Waals surface area contributed by atoms with Crippen molar-refractivity contribution < 1.29 is 19.0 Å². The Kier molecular flexibility index (Phi) is 4.79. The molecular formula is C12H16O4. The van der Waals surface area contributed by atoms with Crippen molar-refractivity contribution in [3.05, 3.63) is 24.3 Å². The molecule has 0 radical (unpaired) electrons. The Morgan fingerprint density at radius 3 is 2.31 bits per heavy atom. The van der Waals surface area contributed by atoms with Crippen LogP contribution < -0.4 is 9.47 Å². The summed E-state index contributed by atoms with van der Waals surface area (Å²) in [5.41, 5.74) is 0. The molecule has 0 N–H and O–H groups in total. The van der Waals surface area contributed by atoms with E-state index in [1.165, 1.54) is 6.92 Å². The van der Waals surface area contributed by atoms with Crippen molar-refractivity contribution in [2.24, 2.45) is 0 Å². The van der Waals surface area contributed by atoms with Gasteiger partial charge in [-0.15, -0.1) is 0 Å². The lowest BCUT2D eigenvalue weighted by molar-refractivity contribution is -0.131. The quantitative estimate of drug-likeness (QED) is 0.567. The maximum atomic E-state index is 10.7. The molecule has 0 fully saturated rings. The molecule has 4 heteroatoms. The summed E-state index contributed by atoms with van der Waals surface area (Å²) < 4.78 is 15.4. The molecule has 88 valence electrons. The van der Waals surface area contributed by atoms with Gasteiger partial charge in [-0.1, -0.05) is 0 Å². The van der Waals surface area contributed by atoms with Gasteiger partial charge in [-0.3, -0.25) is 4.79 Å². The zero-order valence-corrected chi connectivity index (χ0v) is 9.73. The van der Waals surface area contributed by atoms with Gasteiger partial charge in [0.15, 0.2) is 0 Å². The molecule has 1 aromatic rings. The number of hydrogen-bond acceptors (Lipinski definition) is 4. The van der Waals surface area contributed by atoms with Crippen LogP contribution in [0.2, 0.25) is 0 Å². The molecule has 0 aliphatic rings. The Morgan fingerprint density at radius 2 is 1.81 bits per heavy atom. The highest BCUT2D eigenvalue weighted by molar-refractivity contribution is 5.69. The summed E-state index contributed by atoms with van der Waals surface area (Å²) in [4.78, 5) is 10.7. The predicted octanol–water partition coefficient (Wildman–Crippen LogP) is 2.03. The second-order valence-electron chi connectivity index (χ2n) is 3.45. The summed E-state index contributed by atoms with van der Waals surface area (Å²) in [7, 11) is 1.63. The molecule has 0 amide bonds. The zero-order chi connectivity index (χ0) is 12.0. The lowest BCUT2D eigenvalue weighted by Gasteiger charge is -2.13. The Hall–Kier alpha value is -1.55. The molecule has 0 aromatic heterocycles. The number of ether oxygens (including phenoxy) is 3. The molecule has 1 atom stereocenters. The highest BCUT2D eigenvalue weighted by Gasteiger charge is 2.04. The second-order valence-corrected chi connectivity index (χ2v) is 3.45. The van der Waals surface area contributed by atoms with Gasteiger partial charge in [0.1, 0.15) is 17.6 Å². The number of methoxy groups -OCH3 is 1. The Morgan fingerprint density at radius 1 is 1.25 bits per heavy atom. The molecule has 1 rings (SSSR count). The van der Waals surface area contributed by atoms with Crippen LogP contribution in [0.1, 0.15) is 13.8 Å². The summed E-state index contributed by atoms with van der Waals surface area (Å²) in [5, 5.41) is 0. The lowest BCUT2D eigenvalue weighted by Crippen LogP contribution is -2.17. The normalized spacial score (nSPS) is 11.9. The summed E-state index contributed by atoms with van der Waals surface area (Å²) in [6.45, 7) is 3.82. The smallest absolute Gasteiger partial charge is 0.308 e. The van der Waals surface area contributed by atoms with Gasteiger partial charge in [-0.25, -0.2) is 0 Å². The van der Waals surface area contributed by atoms with Crippen LogP contribution >= 0.6 is 0 Å². The average molecular weight is 224 g/mol. The first-order valence-electron chi connectivity index (χ1n) is 5.06. The molecule has 0 heterocycles. The van der Waals surface area contributed by atoms with E-state index >= 15 is 0 Å². The second kappa shape index (κ2) is 6.12. The molecule has 0 saturated heterocycles. The van der Waals surface area contributed by atoms with Crippen LogP contribution in [0.15, 0.2) is 24.3 Å². The van der Waals surface area contributed by atoms with Gasteiger partial charge in [-0.2, -0.15) is 0 Å². The van der Waals surface area contributed by atoms with E-state index in [2.05, 4.69) is 0 Å². The van der Waals surface area contributed by atoms with Crippen molar-refractivity contribution in [1.82, 2.24) is 0 Å². The molecule has 1 aromatic carbocycles. The summed E-state index contributed by atoms with van der Waals surface area (Å²) in [5.74, 6) is 0.904. The first kappa shape index (κ1) is 12.5. The maximum Gasteiger partial charge on any atom is 0.308 e. The maximum absolute atomic E-state index is 10.7. The third kappa shape index (κ3) is 4.31. The van der Waals surface area contributed by atoms with Gasteiger partial charge >= 0.3 is 5.97 Å². The van der Waals surface area contributed by atoms with Crippen molar-refractivity contribution in [3.63, 3.8) is 0 Å². The average Bonchev–Trinajstić information content (AvgIpc) is 2.20. The van der Waals surface area contributed by atoms with Crippen molar-refractivity contribution in [2.75, 3.05) is 13.7 Å². The van der Waals surface area contributed by atoms with Crippen molar-refractivity contribution >= 4 is 5.97 Å². The van der Waals surface area contributed by atoms with Crippen LogP contribution in [0, 0.1) is 0 Å². The van der Waals surface area contributed by atoms with Gasteiger partial charge in [-0.05, 0) is 31.2 Å². The molecular weight excluding hydrogens is 208 g/mol. The van der Waals surface area contributed by atoms with Crippen LogP contribution in [0.4, 0.5) is 0 Å². The van der Waals surface area contributed by atoms with Crippen LogP contribution in [0.5, 0.6) is 11.5 Å². The van der Waals surface area contributed by atoms with E-state index in [0.717, 1.165) is 5.75 Å². The first-order chi connectivity index (χ1) is 7.61. The van der Waals surface area contributed by atoms with Crippen molar-refractivity contribution in [3.8, 4) is 11.5 Å². The largest absolute Gasteiger partial charge is 0.488 e.